The minimum absolute atomic E-state index is 0. The second-order valence-electron chi connectivity index (χ2n) is 5.47. The van der Waals surface area contributed by atoms with E-state index in [4.69, 9.17) is 4.74 Å². The van der Waals surface area contributed by atoms with Crippen molar-refractivity contribution in [2.45, 2.75) is 33.2 Å². The summed E-state index contributed by atoms with van der Waals surface area (Å²) in [6.45, 7) is 5.72. The first kappa shape index (κ1) is 21.4. The summed E-state index contributed by atoms with van der Waals surface area (Å²) in [5.41, 5.74) is 1.67. The molecule has 0 saturated carbocycles. The van der Waals surface area contributed by atoms with Gasteiger partial charge in [0.05, 0.1) is 18.8 Å². The summed E-state index contributed by atoms with van der Waals surface area (Å²) in [6.07, 6.45) is 5.70. The van der Waals surface area contributed by atoms with Crippen LogP contribution in [0.15, 0.2) is 48.8 Å². The molecule has 2 rings (SSSR count). The lowest BCUT2D eigenvalue weighted by molar-refractivity contribution is -0.697. The van der Waals surface area contributed by atoms with Crippen molar-refractivity contribution in [3.05, 3.63) is 59.9 Å². The molecule has 6 heteroatoms. The number of unbranched alkanes of at least 4 members (excludes halogenated alkanes) is 1. The maximum absolute atomic E-state index is 11.6. The number of hydrogen-bond donors (Lipinski definition) is 0. The van der Waals surface area contributed by atoms with Gasteiger partial charge in [-0.05, 0) is 38.0 Å². The molecule has 0 radical (unpaired) electrons. The quantitative estimate of drug-likeness (QED) is 0.178. The number of pyridine rings is 1. The van der Waals surface area contributed by atoms with E-state index in [0.717, 1.165) is 25.1 Å². The average molecular weight is 457 g/mol. The number of ether oxygens (including phenoxy) is 1. The van der Waals surface area contributed by atoms with Crippen LogP contribution in [0, 0.1) is 6.92 Å². The monoisotopic (exact) mass is 457 g/mol. The van der Waals surface area contributed by atoms with Gasteiger partial charge in [0.25, 0.3) is 0 Å². The summed E-state index contributed by atoms with van der Waals surface area (Å²) >= 11 is 0. The number of carbonyl (C=O) groups excluding carboxylic acids is 1. The zero-order valence-electron chi connectivity index (χ0n) is 14.6. The highest BCUT2D eigenvalue weighted by Crippen LogP contribution is 2.12. The maximum Gasteiger partial charge on any atom is 0.373 e. The second kappa shape index (κ2) is 11.8. The van der Waals surface area contributed by atoms with Crippen LogP contribution in [0.1, 0.15) is 35.7 Å². The Hall–Kier alpha value is -1.67. The molecule has 0 aliphatic rings. The molecule has 0 N–H and O–H groups in total. The molecule has 1 aromatic heterocycles. The fraction of sp³-hybridized carbons (Fsp3) is 0.368. The average Bonchev–Trinajstić information content (AvgIpc) is 2.60. The number of benzene rings is 1. The van der Waals surface area contributed by atoms with Crippen molar-refractivity contribution >= 4 is 5.97 Å². The molecule has 0 fully saturated rings. The molecule has 0 atom stereocenters. The molecule has 25 heavy (non-hydrogen) atoms. The zero-order chi connectivity index (χ0) is 17.2. The fourth-order valence-electron chi connectivity index (χ4n) is 2.19. The number of rotatable bonds is 9. The summed E-state index contributed by atoms with van der Waals surface area (Å²) in [5, 5.41) is 0. The summed E-state index contributed by atoms with van der Waals surface area (Å²) in [7, 11) is 0. The standard InChI is InChI=1S/C19H24NO4.HI/c1-3-23-24-19(21)17-9-12-20(13-10-17)11-4-5-14-22-18-8-6-7-16(2)15-18;/h6-10,12-13,15H,3-5,11,14H2,1-2H3;1H/q+1;/p-1. The first-order valence-corrected chi connectivity index (χ1v) is 8.21. The van der Waals surface area contributed by atoms with E-state index < -0.39 is 5.97 Å². The van der Waals surface area contributed by atoms with E-state index in [1.807, 2.05) is 35.2 Å². The molecule has 136 valence electrons. The molecule has 0 saturated heterocycles. The lowest BCUT2D eigenvalue weighted by Crippen LogP contribution is -3.00. The number of hydrogen-bond acceptors (Lipinski definition) is 4. The zero-order valence-corrected chi connectivity index (χ0v) is 16.8. The van der Waals surface area contributed by atoms with Gasteiger partial charge in [-0.2, -0.15) is 4.89 Å². The topological polar surface area (TPSA) is 48.6 Å². The predicted octanol–water partition coefficient (Wildman–Crippen LogP) is 0.254. The summed E-state index contributed by atoms with van der Waals surface area (Å²) in [6, 6.07) is 11.5. The summed E-state index contributed by atoms with van der Waals surface area (Å²) in [5.74, 6) is 0.440. The number of nitrogens with zero attached hydrogens (tertiary/aromatic N) is 1. The van der Waals surface area contributed by atoms with Crippen molar-refractivity contribution in [3.8, 4) is 5.75 Å². The van der Waals surface area contributed by atoms with E-state index >= 15 is 0 Å². The van der Waals surface area contributed by atoms with E-state index in [2.05, 4.69) is 22.8 Å². The van der Waals surface area contributed by atoms with Crippen molar-refractivity contribution in [2.24, 2.45) is 0 Å². The van der Waals surface area contributed by atoms with Gasteiger partial charge in [0.1, 0.15) is 12.3 Å². The molecular formula is C19H24INO4. The molecule has 0 bridgehead atoms. The van der Waals surface area contributed by atoms with Crippen molar-refractivity contribution in [1.82, 2.24) is 0 Å². The molecule has 1 aromatic carbocycles. The van der Waals surface area contributed by atoms with Gasteiger partial charge in [0.15, 0.2) is 12.4 Å². The van der Waals surface area contributed by atoms with Crippen molar-refractivity contribution in [3.63, 3.8) is 0 Å². The molecule has 0 spiro atoms. The molecule has 0 aliphatic carbocycles. The molecule has 0 aliphatic heterocycles. The minimum atomic E-state index is -0.476. The van der Waals surface area contributed by atoms with Crippen LogP contribution in [0.5, 0.6) is 5.75 Å². The van der Waals surface area contributed by atoms with Gasteiger partial charge >= 0.3 is 5.97 Å². The summed E-state index contributed by atoms with van der Waals surface area (Å²) in [4.78, 5) is 20.9. The Kier molecular flexibility index (Phi) is 10.1. The SMILES string of the molecule is CCOOC(=O)c1cc[n+](CCCCOc2cccc(C)c2)cc1.[I-]. The Bertz CT molecular complexity index is 646. The lowest BCUT2D eigenvalue weighted by atomic mass is 10.2. The number of aromatic nitrogens is 1. The van der Waals surface area contributed by atoms with Crippen LogP contribution in [-0.4, -0.2) is 19.2 Å². The normalized spacial score (nSPS) is 10.0. The largest absolute Gasteiger partial charge is 1.00 e. The number of carbonyl (C=O) groups is 1. The molecular weight excluding hydrogens is 433 g/mol. The van der Waals surface area contributed by atoms with E-state index in [0.29, 0.717) is 18.8 Å². The van der Waals surface area contributed by atoms with Crippen LogP contribution in [0.3, 0.4) is 0 Å². The Morgan fingerprint density at radius 2 is 1.88 bits per heavy atom. The third kappa shape index (κ3) is 7.83. The smallest absolute Gasteiger partial charge is 0.373 e. The Morgan fingerprint density at radius 1 is 1.12 bits per heavy atom. The van der Waals surface area contributed by atoms with Crippen LogP contribution in [-0.2, 0) is 16.3 Å². The van der Waals surface area contributed by atoms with Crippen LogP contribution < -0.4 is 33.3 Å². The minimum Gasteiger partial charge on any atom is -1.00 e. The fourth-order valence-corrected chi connectivity index (χ4v) is 2.19. The Labute approximate surface area is 165 Å². The molecule has 2 aromatic rings. The van der Waals surface area contributed by atoms with Gasteiger partial charge in [-0.1, -0.05) is 12.1 Å². The molecule has 0 amide bonds. The van der Waals surface area contributed by atoms with Crippen molar-refractivity contribution in [2.75, 3.05) is 13.2 Å². The Morgan fingerprint density at radius 3 is 2.56 bits per heavy atom. The molecule has 0 unspecified atom stereocenters. The van der Waals surface area contributed by atoms with Crippen LogP contribution in [0.2, 0.25) is 0 Å². The summed E-state index contributed by atoms with van der Waals surface area (Å²) < 4.78 is 7.76. The van der Waals surface area contributed by atoms with Crippen LogP contribution >= 0.6 is 0 Å². The first-order chi connectivity index (χ1) is 11.7. The highest BCUT2D eigenvalue weighted by molar-refractivity contribution is 5.88. The van der Waals surface area contributed by atoms with E-state index in [-0.39, 0.29) is 24.0 Å². The molecule has 5 nitrogen and oxygen atoms in total. The highest BCUT2D eigenvalue weighted by atomic mass is 127. The first-order valence-electron chi connectivity index (χ1n) is 8.21. The number of halogens is 1. The van der Waals surface area contributed by atoms with Crippen molar-refractivity contribution < 1.29 is 47.9 Å². The van der Waals surface area contributed by atoms with E-state index in [1.165, 1.54) is 5.56 Å². The molecule has 1 heterocycles. The highest BCUT2D eigenvalue weighted by Gasteiger charge is 2.10. The van der Waals surface area contributed by atoms with Gasteiger partial charge < -0.3 is 28.7 Å². The lowest BCUT2D eigenvalue weighted by Gasteiger charge is -2.06. The third-order valence-corrected chi connectivity index (χ3v) is 3.45. The van der Waals surface area contributed by atoms with Crippen LogP contribution in [0.25, 0.3) is 0 Å². The Balaban J connectivity index is 0.00000312. The van der Waals surface area contributed by atoms with E-state index in [9.17, 15) is 4.79 Å². The van der Waals surface area contributed by atoms with Gasteiger partial charge in [0.2, 0.25) is 0 Å². The van der Waals surface area contributed by atoms with Crippen molar-refractivity contribution in [1.29, 1.82) is 0 Å². The van der Waals surface area contributed by atoms with E-state index in [1.54, 1.807) is 19.1 Å². The van der Waals surface area contributed by atoms with Gasteiger partial charge in [-0.25, -0.2) is 9.36 Å². The second-order valence-corrected chi connectivity index (χ2v) is 5.47. The van der Waals surface area contributed by atoms with Gasteiger partial charge in [0, 0.05) is 18.6 Å². The predicted molar refractivity (Wildman–Crippen MR) is 89.6 cm³/mol. The third-order valence-electron chi connectivity index (χ3n) is 3.45. The maximum atomic E-state index is 11.6. The van der Waals surface area contributed by atoms with Crippen LogP contribution in [0.4, 0.5) is 0 Å². The van der Waals surface area contributed by atoms with Gasteiger partial charge in [-0.15, -0.1) is 0 Å². The van der Waals surface area contributed by atoms with Gasteiger partial charge in [-0.3, -0.25) is 4.89 Å². The number of aryl methyl sites for hydroxylation is 2.